The quantitative estimate of drug-likeness (QED) is 0.317. The fourth-order valence-electron chi connectivity index (χ4n) is 6.00. The van der Waals surface area contributed by atoms with Gasteiger partial charge in [0, 0.05) is 0 Å². The van der Waals surface area contributed by atoms with Crippen LogP contribution in [0.4, 0.5) is 4.39 Å². The zero-order chi connectivity index (χ0) is 21.0. The van der Waals surface area contributed by atoms with Crippen LogP contribution in [0.15, 0.2) is 36.7 Å². The van der Waals surface area contributed by atoms with Crippen molar-refractivity contribution in [1.29, 1.82) is 0 Å². The zero-order valence-electron chi connectivity index (χ0n) is 19.5. The molecule has 0 aromatic heterocycles. The Balaban J connectivity index is 1.30. The van der Waals surface area contributed by atoms with Crippen LogP contribution in [0.3, 0.4) is 0 Å². The Hall–Kier alpha value is -1.11. The normalized spacial score (nSPS) is 27.5. The molecule has 2 aliphatic carbocycles. The minimum absolute atomic E-state index is 0.712. The third-order valence-corrected chi connectivity index (χ3v) is 8.15. The molecule has 3 rings (SSSR count). The number of benzene rings is 1. The molecule has 0 heterocycles. The largest absolute Gasteiger partial charge is 0.216 e. The van der Waals surface area contributed by atoms with Gasteiger partial charge in [-0.15, -0.1) is 0 Å². The Bertz CT molecular complexity index is 585. The molecule has 0 atom stereocenters. The van der Waals surface area contributed by atoms with Gasteiger partial charge in [-0.3, -0.25) is 0 Å². The van der Waals surface area contributed by atoms with E-state index in [0.717, 1.165) is 30.1 Å². The zero-order valence-corrected chi connectivity index (χ0v) is 19.5. The first kappa shape index (κ1) is 23.6. The van der Waals surface area contributed by atoms with Gasteiger partial charge in [0.25, 0.3) is 0 Å². The van der Waals surface area contributed by atoms with E-state index >= 15 is 0 Å². The molecule has 0 unspecified atom stereocenters. The van der Waals surface area contributed by atoms with Crippen molar-refractivity contribution in [2.24, 2.45) is 17.8 Å². The molecule has 0 spiro atoms. The number of hydrogen-bond acceptors (Lipinski definition) is 0. The predicted molar refractivity (Wildman–Crippen MR) is 129 cm³/mol. The van der Waals surface area contributed by atoms with Crippen LogP contribution < -0.4 is 0 Å². The van der Waals surface area contributed by atoms with E-state index in [0.29, 0.717) is 6.33 Å². The van der Waals surface area contributed by atoms with E-state index in [4.69, 9.17) is 0 Å². The van der Waals surface area contributed by atoms with E-state index in [1.54, 1.807) is 11.6 Å². The molecular weight excluding hydrogens is 367 g/mol. The minimum Gasteiger partial charge on any atom is -0.216 e. The number of allylic oxidation sites excluding steroid dienone is 1. The van der Waals surface area contributed by atoms with E-state index < -0.39 is 0 Å². The molecule has 1 aromatic carbocycles. The maximum absolute atomic E-state index is 12.1. The number of rotatable bonds is 11. The summed E-state index contributed by atoms with van der Waals surface area (Å²) in [6.07, 6.45) is 23.9. The maximum atomic E-state index is 12.1. The van der Waals surface area contributed by atoms with Crippen molar-refractivity contribution >= 4 is 0 Å². The second kappa shape index (κ2) is 13.3. The van der Waals surface area contributed by atoms with Gasteiger partial charge >= 0.3 is 0 Å². The van der Waals surface area contributed by atoms with Gasteiger partial charge in [0.1, 0.15) is 0 Å². The molecule has 0 nitrogen and oxygen atoms in total. The van der Waals surface area contributed by atoms with E-state index in [2.05, 4.69) is 31.2 Å². The van der Waals surface area contributed by atoms with Crippen molar-refractivity contribution in [2.75, 3.05) is 0 Å². The smallest absolute Gasteiger partial charge is 0.0827 e. The van der Waals surface area contributed by atoms with Gasteiger partial charge in [0.2, 0.25) is 0 Å². The van der Waals surface area contributed by atoms with Crippen molar-refractivity contribution in [3.8, 4) is 0 Å². The SMILES string of the molecule is CCCCCc1ccc(C2CCC(CCC3CCC(CC/C=C/F)CC3)CC2)cc1. The molecule has 2 aliphatic rings. The van der Waals surface area contributed by atoms with Gasteiger partial charge in [-0.25, -0.2) is 4.39 Å². The molecule has 168 valence electrons. The third-order valence-electron chi connectivity index (χ3n) is 8.15. The molecule has 1 heteroatoms. The molecule has 0 bridgehead atoms. The monoisotopic (exact) mass is 412 g/mol. The summed E-state index contributed by atoms with van der Waals surface area (Å²) in [5.41, 5.74) is 3.11. The molecule has 0 aliphatic heterocycles. The summed E-state index contributed by atoms with van der Waals surface area (Å²) in [6, 6.07) is 9.63. The van der Waals surface area contributed by atoms with Crippen LogP contribution in [0.2, 0.25) is 0 Å². The van der Waals surface area contributed by atoms with Gasteiger partial charge in [0.05, 0.1) is 6.33 Å². The highest BCUT2D eigenvalue weighted by Gasteiger charge is 2.25. The van der Waals surface area contributed by atoms with Crippen LogP contribution in [0.25, 0.3) is 0 Å². The summed E-state index contributed by atoms with van der Waals surface area (Å²) in [5.74, 6) is 3.60. The fraction of sp³-hybridized carbons (Fsp3) is 0.724. The highest BCUT2D eigenvalue weighted by atomic mass is 19.1. The van der Waals surface area contributed by atoms with Crippen molar-refractivity contribution < 1.29 is 4.39 Å². The first-order valence-corrected chi connectivity index (χ1v) is 13.1. The van der Waals surface area contributed by atoms with Crippen molar-refractivity contribution in [3.05, 3.63) is 47.8 Å². The van der Waals surface area contributed by atoms with Crippen LogP contribution in [0.5, 0.6) is 0 Å². The lowest BCUT2D eigenvalue weighted by Gasteiger charge is -2.32. The molecule has 2 fully saturated rings. The Morgan fingerprint density at radius 3 is 1.90 bits per heavy atom. The van der Waals surface area contributed by atoms with Crippen LogP contribution in [-0.2, 0) is 6.42 Å². The molecule has 30 heavy (non-hydrogen) atoms. The van der Waals surface area contributed by atoms with Crippen molar-refractivity contribution in [2.45, 2.75) is 116 Å². The van der Waals surface area contributed by atoms with E-state index in [1.807, 2.05) is 0 Å². The summed E-state index contributed by atoms with van der Waals surface area (Å²) < 4.78 is 12.1. The average molecular weight is 413 g/mol. The molecule has 1 aromatic rings. The molecule has 0 amide bonds. The molecule has 0 N–H and O–H groups in total. The lowest BCUT2D eigenvalue weighted by Crippen LogP contribution is -2.17. The maximum Gasteiger partial charge on any atom is 0.0827 e. The average Bonchev–Trinajstić information content (AvgIpc) is 2.80. The van der Waals surface area contributed by atoms with Crippen LogP contribution >= 0.6 is 0 Å². The van der Waals surface area contributed by atoms with Gasteiger partial charge in [-0.1, -0.05) is 88.6 Å². The Morgan fingerprint density at radius 2 is 1.33 bits per heavy atom. The molecule has 0 saturated heterocycles. The fourth-order valence-corrected chi connectivity index (χ4v) is 6.00. The second-order valence-corrected chi connectivity index (χ2v) is 10.3. The van der Waals surface area contributed by atoms with E-state index in [9.17, 15) is 4.39 Å². The first-order valence-electron chi connectivity index (χ1n) is 13.1. The second-order valence-electron chi connectivity index (χ2n) is 10.3. The summed E-state index contributed by atoms with van der Waals surface area (Å²) in [6.45, 7) is 2.28. The van der Waals surface area contributed by atoms with Gasteiger partial charge in [0.15, 0.2) is 0 Å². The highest BCUT2D eigenvalue weighted by Crippen LogP contribution is 2.40. The summed E-state index contributed by atoms with van der Waals surface area (Å²) in [4.78, 5) is 0. The number of halogens is 1. The minimum atomic E-state index is 0.712. The Morgan fingerprint density at radius 1 is 0.767 bits per heavy atom. The molecule has 2 saturated carbocycles. The van der Waals surface area contributed by atoms with E-state index in [1.165, 1.54) is 102 Å². The number of aryl methyl sites for hydroxylation is 1. The van der Waals surface area contributed by atoms with Crippen molar-refractivity contribution in [1.82, 2.24) is 0 Å². The van der Waals surface area contributed by atoms with Crippen molar-refractivity contribution in [3.63, 3.8) is 0 Å². The number of unbranched alkanes of at least 4 members (excludes halogenated alkanes) is 2. The Kier molecular flexibility index (Phi) is 10.5. The predicted octanol–water partition coefficient (Wildman–Crippen LogP) is 9.54. The van der Waals surface area contributed by atoms with Crippen LogP contribution in [-0.4, -0.2) is 0 Å². The highest BCUT2D eigenvalue weighted by molar-refractivity contribution is 5.26. The third kappa shape index (κ3) is 7.86. The van der Waals surface area contributed by atoms with Crippen LogP contribution in [0.1, 0.15) is 120 Å². The van der Waals surface area contributed by atoms with Gasteiger partial charge in [-0.2, -0.15) is 0 Å². The lowest BCUT2D eigenvalue weighted by atomic mass is 9.74. The molecule has 0 radical (unpaired) electrons. The topological polar surface area (TPSA) is 0 Å². The summed E-state index contributed by atoms with van der Waals surface area (Å²) in [5, 5.41) is 0. The summed E-state index contributed by atoms with van der Waals surface area (Å²) >= 11 is 0. The first-order chi connectivity index (χ1) is 14.8. The lowest BCUT2D eigenvalue weighted by molar-refractivity contribution is 0.225. The summed E-state index contributed by atoms with van der Waals surface area (Å²) in [7, 11) is 0. The Labute approximate surface area is 185 Å². The number of hydrogen-bond donors (Lipinski definition) is 0. The van der Waals surface area contributed by atoms with Gasteiger partial charge in [-0.05, 0) is 86.2 Å². The molecular formula is C29H45F. The van der Waals surface area contributed by atoms with E-state index in [-0.39, 0.29) is 0 Å². The van der Waals surface area contributed by atoms with Gasteiger partial charge < -0.3 is 0 Å². The van der Waals surface area contributed by atoms with Crippen LogP contribution in [0, 0.1) is 17.8 Å². The standard InChI is InChI=1S/C29H45F/c1-2-3-4-7-25-15-19-28(20-16-25)29-21-17-27(18-22-29)14-13-26-11-9-24(10-12-26)8-5-6-23-30/h6,15-16,19-20,23-24,26-27,29H,2-5,7-14,17-18,21-22H2,1H3/b23-6+.